The summed E-state index contributed by atoms with van der Waals surface area (Å²) in [6.45, 7) is 5.08. The first kappa shape index (κ1) is 21.5. The van der Waals surface area contributed by atoms with Crippen molar-refractivity contribution in [3.63, 3.8) is 0 Å². The summed E-state index contributed by atoms with van der Waals surface area (Å²) < 4.78 is 1.39. The fourth-order valence-electron chi connectivity index (χ4n) is 3.39. The molecule has 2 N–H and O–H groups in total. The standard InChI is InChI=1S/C24H22N4O3S/c1-14-20(13-17-7-5-4-6-8-17)23(31)28(27-14)24-25-15(2)21(32-24)22(30)26-19-11-9-18(10-12-19)16(3)29/h4-12,27H,13H2,1-3H3,(H,26,30). The molecule has 2 heterocycles. The largest absolute Gasteiger partial charge is 0.321 e. The highest BCUT2D eigenvalue weighted by Crippen LogP contribution is 2.23. The zero-order valence-electron chi connectivity index (χ0n) is 17.9. The number of carbonyl (C=O) groups is 2. The molecule has 0 aliphatic carbocycles. The maximum atomic E-state index is 13.0. The third-order valence-electron chi connectivity index (χ3n) is 5.15. The van der Waals surface area contributed by atoms with Crippen LogP contribution in [0.1, 0.15) is 49.5 Å². The molecule has 0 saturated heterocycles. The number of hydrogen-bond acceptors (Lipinski definition) is 5. The summed E-state index contributed by atoms with van der Waals surface area (Å²) in [4.78, 5) is 42.1. The third kappa shape index (κ3) is 4.31. The van der Waals surface area contributed by atoms with Gasteiger partial charge < -0.3 is 5.32 Å². The predicted molar refractivity (Wildman–Crippen MR) is 125 cm³/mol. The number of aryl methyl sites for hydroxylation is 2. The van der Waals surface area contributed by atoms with Gasteiger partial charge in [0.05, 0.1) is 5.69 Å². The number of H-pyrrole nitrogens is 1. The van der Waals surface area contributed by atoms with E-state index in [1.807, 2.05) is 37.3 Å². The Bertz CT molecular complexity index is 1350. The van der Waals surface area contributed by atoms with Crippen molar-refractivity contribution >= 4 is 28.7 Å². The van der Waals surface area contributed by atoms with E-state index >= 15 is 0 Å². The summed E-state index contributed by atoms with van der Waals surface area (Å²) in [6, 6.07) is 16.5. The van der Waals surface area contributed by atoms with E-state index in [1.165, 1.54) is 11.6 Å². The minimum absolute atomic E-state index is 0.0378. The van der Waals surface area contributed by atoms with Crippen LogP contribution >= 0.6 is 11.3 Å². The van der Waals surface area contributed by atoms with Crippen molar-refractivity contribution in [1.29, 1.82) is 0 Å². The molecule has 0 spiro atoms. The number of hydrogen-bond donors (Lipinski definition) is 2. The van der Waals surface area contributed by atoms with E-state index in [0.29, 0.717) is 38.9 Å². The zero-order chi connectivity index (χ0) is 22.8. The minimum atomic E-state index is -0.317. The molecule has 162 valence electrons. The van der Waals surface area contributed by atoms with E-state index in [-0.39, 0.29) is 17.2 Å². The second-order valence-electron chi connectivity index (χ2n) is 7.52. The summed E-state index contributed by atoms with van der Waals surface area (Å²) in [7, 11) is 0. The van der Waals surface area contributed by atoms with Crippen molar-refractivity contribution in [2.45, 2.75) is 27.2 Å². The predicted octanol–water partition coefficient (Wildman–Crippen LogP) is 4.28. The Morgan fingerprint density at radius 3 is 2.41 bits per heavy atom. The third-order valence-corrected chi connectivity index (χ3v) is 6.29. The van der Waals surface area contributed by atoms with Gasteiger partial charge in [-0.25, -0.2) is 4.98 Å². The van der Waals surface area contributed by atoms with E-state index < -0.39 is 0 Å². The maximum absolute atomic E-state index is 13.0. The quantitative estimate of drug-likeness (QED) is 0.432. The molecule has 0 saturated carbocycles. The Morgan fingerprint density at radius 2 is 1.75 bits per heavy atom. The molecular weight excluding hydrogens is 424 g/mol. The number of anilines is 1. The first-order chi connectivity index (χ1) is 15.3. The number of nitrogens with one attached hydrogen (secondary N) is 2. The fourth-order valence-corrected chi connectivity index (χ4v) is 4.31. The van der Waals surface area contributed by atoms with Crippen LogP contribution in [0.2, 0.25) is 0 Å². The lowest BCUT2D eigenvalue weighted by atomic mass is 10.1. The number of carbonyl (C=O) groups excluding carboxylic acids is 2. The Hall–Kier alpha value is -3.78. The second kappa shape index (κ2) is 8.76. The van der Waals surface area contributed by atoms with Crippen LogP contribution in [0, 0.1) is 13.8 Å². The van der Waals surface area contributed by atoms with Gasteiger partial charge in [-0.2, -0.15) is 4.68 Å². The van der Waals surface area contributed by atoms with E-state index in [0.717, 1.165) is 22.6 Å². The number of Topliss-reactive ketones (excluding diaryl/α,β-unsaturated/α-hetero) is 1. The van der Waals surface area contributed by atoms with Gasteiger partial charge in [-0.15, -0.1) is 0 Å². The molecule has 0 radical (unpaired) electrons. The Morgan fingerprint density at radius 1 is 1.06 bits per heavy atom. The van der Waals surface area contributed by atoms with Crippen LogP contribution in [0.25, 0.3) is 5.13 Å². The molecule has 2 aromatic carbocycles. The topological polar surface area (TPSA) is 96.9 Å². The molecule has 0 aliphatic heterocycles. The van der Waals surface area contributed by atoms with Crippen molar-refractivity contribution in [2.24, 2.45) is 0 Å². The van der Waals surface area contributed by atoms with Gasteiger partial charge in [0.15, 0.2) is 5.78 Å². The summed E-state index contributed by atoms with van der Waals surface area (Å²) in [6.07, 6.45) is 0.517. The van der Waals surface area contributed by atoms with Gasteiger partial charge in [-0.3, -0.25) is 19.5 Å². The Kier molecular flexibility index (Phi) is 5.87. The fraction of sp³-hybridized carbons (Fsp3) is 0.167. The minimum Gasteiger partial charge on any atom is -0.321 e. The number of amides is 1. The van der Waals surface area contributed by atoms with E-state index in [9.17, 15) is 14.4 Å². The number of aromatic amines is 1. The van der Waals surface area contributed by atoms with Crippen molar-refractivity contribution in [3.8, 4) is 5.13 Å². The summed E-state index contributed by atoms with van der Waals surface area (Å²) in [5, 5.41) is 6.31. The maximum Gasteiger partial charge on any atom is 0.277 e. The van der Waals surface area contributed by atoms with Crippen LogP contribution in [-0.4, -0.2) is 26.5 Å². The SMILES string of the molecule is CC(=O)c1ccc(NC(=O)c2sc(-n3[nH]c(C)c(Cc4ccccc4)c3=O)nc2C)cc1. The molecule has 1 amide bonds. The lowest BCUT2D eigenvalue weighted by Gasteiger charge is -2.04. The number of ketones is 1. The van der Waals surface area contributed by atoms with Gasteiger partial charge in [0.25, 0.3) is 11.5 Å². The van der Waals surface area contributed by atoms with E-state index in [2.05, 4.69) is 15.4 Å². The molecule has 0 aliphatic rings. The van der Waals surface area contributed by atoms with Crippen LogP contribution in [0.3, 0.4) is 0 Å². The van der Waals surface area contributed by atoms with Gasteiger partial charge >= 0.3 is 0 Å². The molecule has 0 bridgehead atoms. The van der Waals surface area contributed by atoms with Gasteiger partial charge in [0, 0.05) is 28.9 Å². The van der Waals surface area contributed by atoms with Crippen molar-refractivity contribution in [1.82, 2.24) is 14.8 Å². The molecule has 8 heteroatoms. The second-order valence-corrected chi connectivity index (χ2v) is 8.49. The number of aromatic nitrogens is 3. The number of benzene rings is 2. The van der Waals surface area contributed by atoms with E-state index in [4.69, 9.17) is 0 Å². The number of nitrogens with zero attached hydrogens (tertiary/aromatic N) is 2. The first-order valence-electron chi connectivity index (χ1n) is 10.1. The molecule has 0 unspecified atom stereocenters. The zero-order valence-corrected chi connectivity index (χ0v) is 18.7. The Balaban J connectivity index is 1.58. The van der Waals surface area contributed by atoms with Crippen molar-refractivity contribution in [2.75, 3.05) is 5.32 Å². The van der Waals surface area contributed by atoms with Crippen LogP contribution in [0.4, 0.5) is 5.69 Å². The monoisotopic (exact) mass is 446 g/mol. The normalized spacial score (nSPS) is 10.8. The summed E-state index contributed by atoms with van der Waals surface area (Å²) in [5.41, 5.74) is 3.99. The highest BCUT2D eigenvalue weighted by Gasteiger charge is 2.20. The van der Waals surface area contributed by atoms with Gasteiger partial charge in [0.2, 0.25) is 5.13 Å². The molecule has 4 rings (SSSR count). The van der Waals surface area contributed by atoms with Gasteiger partial charge in [-0.05, 0) is 50.6 Å². The van der Waals surface area contributed by atoms with Gasteiger partial charge in [0.1, 0.15) is 4.88 Å². The van der Waals surface area contributed by atoms with Crippen LogP contribution in [0.15, 0.2) is 59.4 Å². The molecule has 0 fully saturated rings. The van der Waals surface area contributed by atoms with Crippen LogP contribution in [-0.2, 0) is 6.42 Å². The molecule has 0 atom stereocenters. The Labute approximate surface area is 188 Å². The number of thiazole rings is 1. The van der Waals surface area contributed by atoms with Crippen molar-refractivity contribution in [3.05, 3.63) is 97.9 Å². The number of rotatable bonds is 6. The highest BCUT2D eigenvalue weighted by atomic mass is 32.1. The molecule has 7 nitrogen and oxygen atoms in total. The van der Waals surface area contributed by atoms with Crippen LogP contribution < -0.4 is 10.9 Å². The first-order valence-corrected chi connectivity index (χ1v) is 10.9. The summed E-state index contributed by atoms with van der Waals surface area (Å²) in [5.74, 6) is -0.355. The van der Waals surface area contributed by atoms with Crippen molar-refractivity contribution < 1.29 is 9.59 Å². The smallest absolute Gasteiger partial charge is 0.277 e. The molecule has 32 heavy (non-hydrogen) atoms. The van der Waals surface area contributed by atoms with E-state index in [1.54, 1.807) is 31.2 Å². The van der Waals surface area contributed by atoms with Gasteiger partial charge in [-0.1, -0.05) is 41.7 Å². The average molecular weight is 447 g/mol. The molecule has 4 aromatic rings. The highest BCUT2D eigenvalue weighted by molar-refractivity contribution is 7.16. The lowest BCUT2D eigenvalue weighted by Crippen LogP contribution is -2.17. The molecule has 2 aromatic heterocycles. The lowest BCUT2D eigenvalue weighted by molar-refractivity contribution is 0.101. The molecular formula is C24H22N4O3S. The summed E-state index contributed by atoms with van der Waals surface area (Å²) >= 11 is 1.14. The average Bonchev–Trinajstić information content (AvgIpc) is 3.29. The van der Waals surface area contributed by atoms with Crippen LogP contribution in [0.5, 0.6) is 0 Å².